The summed E-state index contributed by atoms with van der Waals surface area (Å²) in [5, 5.41) is 27.0. The van der Waals surface area contributed by atoms with Crippen LogP contribution in [0.3, 0.4) is 0 Å². The van der Waals surface area contributed by atoms with Crippen LogP contribution in [0.15, 0.2) is 30.3 Å². The highest BCUT2D eigenvalue weighted by molar-refractivity contribution is 5.65. The Kier molecular flexibility index (Phi) is 4.49. The molecular formula is C12H14N2O3. The molecule has 0 radical (unpaired) electrons. The summed E-state index contributed by atoms with van der Waals surface area (Å²) in [6.07, 6.45) is -2.48. The number of amides is 1. The summed E-state index contributed by atoms with van der Waals surface area (Å²) in [7, 11) is 0. The van der Waals surface area contributed by atoms with E-state index in [2.05, 4.69) is 0 Å². The van der Waals surface area contributed by atoms with Crippen molar-refractivity contribution in [3.63, 3.8) is 0 Å². The van der Waals surface area contributed by atoms with Crippen LogP contribution in [0.1, 0.15) is 12.5 Å². The molecule has 0 saturated carbocycles. The Morgan fingerprint density at radius 2 is 2.06 bits per heavy atom. The van der Waals surface area contributed by atoms with Crippen molar-refractivity contribution in [1.82, 2.24) is 4.90 Å². The van der Waals surface area contributed by atoms with E-state index in [1.54, 1.807) is 30.3 Å². The zero-order chi connectivity index (χ0) is 12.8. The first-order valence-electron chi connectivity index (χ1n) is 5.17. The number of carbonyl (C=O) groups is 1. The molecule has 0 aliphatic carbocycles. The van der Waals surface area contributed by atoms with Crippen LogP contribution < -0.4 is 0 Å². The Morgan fingerprint density at radius 3 is 2.53 bits per heavy atom. The minimum Gasteiger partial charge on any atom is -0.465 e. The number of nitriles is 1. The number of aliphatic hydroxyl groups excluding tert-OH is 1. The van der Waals surface area contributed by atoms with Crippen LogP contribution in [0.5, 0.6) is 0 Å². The van der Waals surface area contributed by atoms with Gasteiger partial charge >= 0.3 is 6.09 Å². The van der Waals surface area contributed by atoms with Crippen molar-refractivity contribution in [2.24, 2.45) is 0 Å². The van der Waals surface area contributed by atoms with E-state index in [1.807, 2.05) is 6.07 Å². The number of aliphatic hydroxyl groups is 1. The summed E-state index contributed by atoms with van der Waals surface area (Å²) in [5.74, 6) is 0. The first-order chi connectivity index (χ1) is 8.06. The van der Waals surface area contributed by atoms with Gasteiger partial charge in [-0.15, -0.1) is 0 Å². The lowest BCUT2D eigenvalue weighted by Crippen LogP contribution is -2.43. The van der Waals surface area contributed by atoms with E-state index in [1.165, 1.54) is 6.92 Å². The maximum absolute atomic E-state index is 11.1. The van der Waals surface area contributed by atoms with Crippen LogP contribution in [-0.4, -0.2) is 33.4 Å². The van der Waals surface area contributed by atoms with Gasteiger partial charge in [0.25, 0.3) is 0 Å². The normalized spacial score (nSPS) is 13.5. The molecule has 1 unspecified atom stereocenters. The fourth-order valence-electron chi connectivity index (χ4n) is 1.44. The summed E-state index contributed by atoms with van der Waals surface area (Å²) >= 11 is 0. The van der Waals surface area contributed by atoms with Crippen LogP contribution in [0.4, 0.5) is 4.79 Å². The Morgan fingerprint density at radius 1 is 1.47 bits per heavy atom. The van der Waals surface area contributed by atoms with E-state index in [0.717, 1.165) is 10.5 Å². The molecule has 2 atom stereocenters. The predicted octanol–water partition coefficient (Wildman–Crippen LogP) is 1.44. The summed E-state index contributed by atoms with van der Waals surface area (Å²) < 4.78 is 0. The van der Waals surface area contributed by atoms with E-state index in [0.29, 0.717) is 0 Å². The third kappa shape index (κ3) is 3.47. The molecule has 0 spiro atoms. The van der Waals surface area contributed by atoms with Gasteiger partial charge in [0.05, 0.1) is 12.1 Å². The number of rotatable bonds is 4. The Balaban J connectivity index is 2.81. The van der Waals surface area contributed by atoms with Gasteiger partial charge in [-0.3, -0.25) is 4.90 Å². The molecule has 17 heavy (non-hydrogen) atoms. The van der Waals surface area contributed by atoms with Gasteiger partial charge in [-0.25, -0.2) is 4.79 Å². The van der Waals surface area contributed by atoms with Gasteiger partial charge in [0.2, 0.25) is 0 Å². The molecule has 0 heterocycles. The molecule has 1 aromatic carbocycles. The second-order valence-corrected chi connectivity index (χ2v) is 3.71. The third-order valence-electron chi connectivity index (χ3n) is 2.52. The molecular weight excluding hydrogens is 220 g/mol. The van der Waals surface area contributed by atoms with E-state index in [4.69, 9.17) is 10.4 Å². The van der Waals surface area contributed by atoms with Crippen molar-refractivity contribution in [1.29, 1.82) is 5.26 Å². The van der Waals surface area contributed by atoms with Crippen LogP contribution in [0.25, 0.3) is 0 Å². The standard InChI is InChI=1S/C12H14N2O3/c1-9(11(15)7-13)14(12(16)17)8-10-5-3-2-4-6-10/h2-6,9,11,15H,8H2,1H3,(H,16,17)/t9-,11?/m0/s1. The molecule has 0 bridgehead atoms. The van der Waals surface area contributed by atoms with Gasteiger partial charge in [0.1, 0.15) is 0 Å². The molecule has 5 heteroatoms. The van der Waals surface area contributed by atoms with Crippen LogP contribution >= 0.6 is 0 Å². The lowest BCUT2D eigenvalue weighted by molar-refractivity contribution is 0.0770. The number of hydrogen-bond donors (Lipinski definition) is 2. The summed E-state index contributed by atoms with van der Waals surface area (Å²) in [6.45, 7) is 1.65. The number of nitrogens with zero attached hydrogens (tertiary/aromatic N) is 2. The smallest absolute Gasteiger partial charge is 0.407 e. The molecule has 1 rings (SSSR count). The second-order valence-electron chi connectivity index (χ2n) is 3.71. The predicted molar refractivity (Wildman–Crippen MR) is 61.1 cm³/mol. The zero-order valence-electron chi connectivity index (χ0n) is 9.45. The minimum atomic E-state index is -1.32. The molecule has 0 fully saturated rings. The maximum atomic E-state index is 11.1. The average Bonchev–Trinajstić information content (AvgIpc) is 2.35. The van der Waals surface area contributed by atoms with Gasteiger partial charge in [0.15, 0.2) is 6.10 Å². The molecule has 0 aliphatic heterocycles. The average molecular weight is 234 g/mol. The molecule has 90 valence electrons. The fraction of sp³-hybridized carbons (Fsp3) is 0.333. The van der Waals surface area contributed by atoms with Gasteiger partial charge < -0.3 is 10.2 Å². The van der Waals surface area contributed by atoms with E-state index in [9.17, 15) is 9.90 Å². The van der Waals surface area contributed by atoms with Gasteiger partial charge in [-0.05, 0) is 12.5 Å². The van der Waals surface area contributed by atoms with Gasteiger partial charge in [-0.1, -0.05) is 30.3 Å². The molecule has 0 aromatic heterocycles. The monoisotopic (exact) mass is 234 g/mol. The van der Waals surface area contributed by atoms with Crippen molar-refractivity contribution in [3.05, 3.63) is 35.9 Å². The lowest BCUT2D eigenvalue weighted by Gasteiger charge is -2.27. The lowest BCUT2D eigenvalue weighted by atomic mass is 10.1. The summed E-state index contributed by atoms with van der Waals surface area (Å²) in [6, 6.07) is 9.90. The van der Waals surface area contributed by atoms with E-state index < -0.39 is 18.2 Å². The Labute approximate surface area is 99.5 Å². The van der Waals surface area contributed by atoms with Crippen LogP contribution in [0, 0.1) is 11.3 Å². The Hall–Kier alpha value is -2.06. The first kappa shape index (κ1) is 13.0. The van der Waals surface area contributed by atoms with E-state index >= 15 is 0 Å². The van der Waals surface area contributed by atoms with E-state index in [-0.39, 0.29) is 6.54 Å². The number of carboxylic acid groups (broad SMARTS) is 1. The molecule has 2 N–H and O–H groups in total. The Bertz CT molecular complexity index is 414. The highest BCUT2D eigenvalue weighted by atomic mass is 16.4. The van der Waals surface area contributed by atoms with Crippen molar-refractivity contribution in [2.75, 3.05) is 0 Å². The maximum Gasteiger partial charge on any atom is 0.407 e. The van der Waals surface area contributed by atoms with Gasteiger partial charge in [-0.2, -0.15) is 5.26 Å². The fourth-order valence-corrected chi connectivity index (χ4v) is 1.44. The van der Waals surface area contributed by atoms with Gasteiger partial charge in [0, 0.05) is 6.54 Å². The quantitative estimate of drug-likeness (QED) is 0.772. The summed E-state index contributed by atoms with van der Waals surface area (Å²) in [4.78, 5) is 12.1. The number of benzene rings is 1. The van der Waals surface area contributed by atoms with Crippen LogP contribution in [0.2, 0.25) is 0 Å². The number of hydrogen-bond acceptors (Lipinski definition) is 3. The minimum absolute atomic E-state index is 0.149. The SMILES string of the molecule is C[C@@H](C(O)C#N)N(Cc1ccccc1)C(=O)O. The highest BCUT2D eigenvalue weighted by Crippen LogP contribution is 2.11. The largest absolute Gasteiger partial charge is 0.465 e. The molecule has 0 aliphatic rings. The zero-order valence-corrected chi connectivity index (χ0v) is 9.45. The second kappa shape index (κ2) is 5.87. The van der Waals surface area contributed by atoms with Crippen molar-refractivity contribution >= 4 is 6.09 Å². The first-order valence-corrected chi connectivity index (χ1v) is 5.17. The van der Waals surface area contributed by atoms with Crippen molar-refractivity contribution in [3.8, 4) is 6.07 Å². The molecule has 1 amide bonds. The highest BCUT2D eigenvalue weighted by Gasteiger charge is 2.25. The summed E-state index contributed by atoms with van der Waals surface area (Å²) in [5.41, 5.74) is 0.812. The third-order valence-corrected chi connectivity index (χ3v) is 2.52. The molecule has 5 nitrogen and oxygen atoms in total. The van der Waals surface area contributed by atoms with Crippen LogP contribution in [-0.2, 0) is 6.54 Å². The molecule has 0 saturated heterocycles. The van der Waals surface area contributed by atoms with Crippen molar-refractivity contribution in [2.45, 2.75) is 25.6 Å². The topological polar surface area (TPSA) is 84.6 Å². The molecule has 1 aromatic rings. The van der Waals surface area contributed by atoms with Crippen molar-refractivity contribution < 1.29 is 15.0 Å².